The Bertz CT molecular complexity index is 340. The fourth-order valence-corrected chi connectivity index (χ4v) is 1.51. The molecule has 15 heavy (non-hydrogen) atoms. The lowest BCUT2D eigenvalue weighted by atomic mass is 10.3. The average molecular weight is 212 g/mol. The van der Waals surface area contributed by atoms with Crippen molar-refractivity contribution in [1.29, 1.82) is 0 Å². The third-order valence-corrected chi connectivity index (χ3v) is 2.28. The highest BCUT2D eigenvalue weighted by Gasteiger charge is 2.17. The summed E-state index contributed by atoms with van der Waals surface area (Å²) in [7, 11) is 1.38. The van der Waals surface area contributed by atoms with E-state index in [-0.39, 0.29) is 12.0 Å². The van der Waals surface area contributed by atoms with Crippen molar-refractivity contribution in [2.24, 2.45) is 0 Å². The smallest absolute Gasteiger partial charge is 0.253 e. The van der Waals surface area contributed by atoms with Crippen LogP contribution in [0.25, 0.3) is 0 Å². The first kappa shape index (κ1) is 10.2. The summed E-state index contributed by atoms with van der Waals surface area (Å²) in [6.07, 6.45) is 1.06. The van der Waals surface area contributed by atoms with Crippen LogP contribution in [0.2, 0.25) is 0 Å². The van der Waals surface area contributed by atoms with Gasteiger partial charge in [0.15, 0.2) is 5.82 Å². The molecule has 1 fully saturated rings. The van der Waals surface area contributed by atoms with Gasteiger partial charge in [0.05, 0.1) is 7.11 Å². The molecule has 2 rings (SSSR count). The summed E-state index contributed by atoms with van der Waals surface area (Å²) in [6, 6.07) is 2.81. The van der Waals surface area contributed by atoms with Gasteiger partial charge in [0.1, 0.15) is 6.10 Å². The van der Waals surface area contributed by atoms with Crippen LogP contribution in [-0.2, 0) is 0 Å². The third-order valence-electron chi connectivity index (χ3n) is 2.28. The summed E-state index contributed by atoms with van der Waals surface area (Å²) in [6.45, 7) is 1.75. The zero-order valence-electron chi connectivity index (χ0n) is 8.50. The van der Waals surface area contributed by atoms with Crippen molar-refractivity contribution in [3.63, 3.8) is 0 Å². The van der Waals surface area contributed by atoms with Gasteiger partial charge in [-0.2, -0.15) is 4.98 Å². The van der Waals surface area contributed by atoms with Crippen molar-refractivity contribution in [1.82, 2.24) is 10.3 Å². The summed E-state index contributed by atoms with van der Waals surface area (Å²) < 4.78 is 23.3. The van der Waals surface area contributed by atoms with Crippen molar-refractivity contribution < 1.29 is 13.9 Å². The van der Waals surface area contributed by atoms with E-state index < -0.39 is 5.82 Å². The molecule has 1 atom stereocenters. The van der Waals surface area contributed by atoms with Gasteiger partial charge in [-0.05, 0) is 19.0 Å². The van der Waals surface area contributed by atoms with Crippen molar-refractivity contribution >= 4 is 0 Å². The number of nitrogens with one attached hydrogen (secondary N) is 1. The van der Waals surface area contributed by atoms with Crippen molar-refractivity contribution in [3.8, 4) is 11.8 Å². The first-order chi connectivity index (χ1) is 7.29. The van der Waals surface area contributed by atoms with Crippen molar-refractivity contribution in [2.75, 3.05) is 20.2 Å². The van der Waals surface area contributed by atoms with Crippen LogP contribution in [0.3, 0.4) is 0 Å². The zero-order valence-corrected chi connectivity index (χ0v) is 8.50. The van der Waals surface area contributed by atoms with Crippen LogP contribution in [0.15, 0.2) is 12.1 Å². The molecular weight excluding hydrogens is 199 g/mol. The zero-order chi connectivity index (χ0) is 10.7. The molecule has 1 aliphatic rings. The van der Waals surface area contributed by atoms with Gasteiger partial charge >= 0.3 is 0 Å². The molecule has 5 heteroatoms. The predicted molar refractivity (Wildman–Crippen MR) is 52.6 cm³/mol. The molecule has 4 nitrogen and oxygen atoms in total. The van der Waals surface area contributed by atoms with Crippen molar-refractivity contribution in [3.05, 3.63) is 17.9 Å². The molecule has 1 aromatic rings. The van der Waals surface area contributed by atoms with E-state index in [0.717, 1.165) is 19.5 Å². The Morgan fingerprint density at radius 1 is 1.53 bits per heavy atom. The minimum absolute atomic E-state index is 0.0292. The second-order valence-electron chi connectivity index (χ2n) is 3.37. The number of methoxy groups -OCH3 is 1. The number of aromatic nitrogens is 1. The van der Waals surface area contributed by atoms with E-state index in [9.17, 15) is 4.39 Å². The number of pyridine rings is 1. The van der Waals surface area contributed by atoms with Gasteiger partial charge < -0.3 is 14.8 Å². The topological polar surface area (TPSA) is 43.4 Å². The van der Waals surface area contributed by atoms with Crippen LogP contribution in [0.1, 0.15) is 6.42 Å². The van der Waals surface area contributed by atoms with Crippen LogP contribution in [-0.4, -0.2) is 31.3 Å². The SMILES string of the molecule is COc1nc(O[C@H]2CCNC2)ccc1F. The van der Waals surface area contributed by atoms with Gasteiger partial charge in [-0.3, -0.25) is 0 Å². The molecule has 1 saturated heterocycles. The van der Waals surface area contributed by atoms with Gasteiger partial charge in [0, 0.05) is 12.6 Å². The summed E-state index contributed by atoms with van der Waals surface area (Å²) in [5.41, 5.74) is 0. The Labute approximate surface area is 87.4 Å². The third kappa shape index (κ3) is 2.36. The molecule has 2 heterocycles. The Morgan fingerprint density at radius 3 is 3.07 bits per heavy atom. The highest BCUT2D eigenvalue weighted by atomic mass is 19.1. The molecule has 82 valence electrons. The van der Waals surface area contributed by atoms with Crippen LogP contribution in [0, 0.1) is 5.82 Å². The molecule has 0 saturated carbocycles. The number of halogens is 1. The Kier molecular flexibility index (Phi) is 3.01. The highest BCUT2D eigenvalue weighted by molar-refractivity contribution is 5.22. The standard InChI is InChI=1S/C10H13FN2O2/c1-14-10-8(11)2-3-9(13-10)15-7-4-5-12-6-7/h2-3,7,12H,4-6H2,1H3/t7-/m0/s1. The first-order valence-corrected chi connectivity index (χ1v) is 4.87. The molecule has 1 aliphatic heterocycles. The van der Waals surface area contributed by atoms with Gasteiger partial charge in [-0.15, -0.1) is 0 Å². The lowest BCUT2D eigenvalue weighted by Crippen LogP contribution is -2.20. The predicted octanol–water partition coefficient (Wildman–Crippen LogP) is 0.970. The van der Waals surface area contributed by atoms with E-state index in [1.54, 1.807) is 0 Å². The van der Waals surface area contributed by atoms with Crippen LogP contribution in [0.4, 0.5) is 4.39 Å². The van der Waals surface area contributed by atoms with Crippen LogP contribution in [0.5, 0.6) is 11.8 Å². The lowest BCUT2D eigenvalue weighted by Gasteiger charge is -2.11. The van der Waals surface area contributed by atoms with E-state index in [4.69, 9.17) is 9.47 Å². The maximum absolute atomic E-state index is 13.0. The summed E-state index contributed by atoms with van der Waals surface area (Å²) in [5, 5.41) is 3.17. The molecule has 0 radical (unpaired) electrons. The van der Waals surface area contributed by atoms with E-state index >= 15 is 0 Å². The van der Waals surface area contributed by atoms with Crippen LogP contribution >= 0.6 is 0 Å². The van der Waals surface area contributed by atoms with Gasteiger partial charge in [0.2, 0.25) is 5.88 Å². The van der Waals surface area contributed by atoms with E-state index in [1.165, 1.54) is 19.2 Å². The Balaban J connectivity index is 2.07. The van der Waals surface area contributed by atoms with Crippen LogP contribution < -0.4 is 14.8 Å². The fraction of sp³-hybridized carbons (Fsp3) is 0.500. The molecule has 0 amide bonds. The number of rotatable bonds is 3. The fourth-order valence-electron chi connectivity index (χ4n) is 1.51. The monoisotopic (exact) mass is 212 g/mol. The summed E-state index contributed by atoms with van der Waals surface area (Å²) in [4.78, 5) is 3.91. The minimum atomic E-state index is -0.477. The maximum atomic E-state index is 13.0. The quantitative estimate of drug-likeness (QED) is 0.810. The molecule has 0 spiro atoms. The number of ether oxygens (including phenoxy) is 2. The van der Waals surface area contributed by atoms with E-state index in [1.807, 2.05) is 0 Å². The van der Waals surface area contributed by atoms with Crippen molar-refractivity contribution in [2.45, 2.75) is 12.5 Å². The molecule has 1 N–H and O–H groups in total. The van der Waals surface area contributed by atoms with Gasteiger partial charge in [0.25, 0.3) is 5.88 Å². The average Bonchev–Trinajstić information content (AvgIpc) is 2.73. The second-order valence-corrected chi connectivity index (χ2v) is 3.37. The minimum Gasteiger partial charge on any atom is -0.479 e. The van der Waals surface area contributed by atoms with E-state index in [0.29, 0.717) is 5.88 Å². The summed E-state index contributed by atoms with van der Waals surface area (Å²) >= 11 is 0. The van der Waals surface area contributed by atoms with E-state index in [2.05, 4.69) is 10.3 Å². The number of hydrogen-bond donors (Lipinski definition) is 1. The molecule has 1 aromatic heterocycles. The molecular formula is C10H13FN2O2. The van der Waals surface area contributed by atoms with Gasteiger partial charge in [-0.1, -0.05) is 0 Å². The Hall–Kier alpha value is -1.36. The number of nitrogens with zero attached hydrogens (tertiary/aromatic N) is 1. The molecule has 0 aliphatic carbocycles. The summed E-state index contributed by atoms with van der Waals surface area (Å²) in [5.74, 6) is -0.102. The largest absolute Gasteiger partial charge is 0.479 e. The lowest BCUT2D eigenvalue weighted by molar-refractivity contribution is 0.210. The molecule has 0 bridgehead atoms. The normalized spacial score (nSPS) is 20.3. The molecule has 0 aromatic carbocycles. The highest BCUT2D eigenvalue weighted by Crippen LogP contribution is 2.19. The Morgan fingerprint density at radius 2 is 2.40 bits per heavy atom. The molecule has 0 unspecified atom stereocenters. The van der Waals surface area contributed by atoms with Gasteiger partial charge in [-0.25, -0.2) is 4.39 Å². The first-order valence-electron chi connectivity index (χ1n) is 4.87. The second kappa shape index (κ2) is 4.44. The maximum Gasteiger partial charge on any atom is 0.253 e. The number of hydrogen-bond acceptors (Lipinski definition) is 4.